The van der Waals surface area contributed by atoms with Gasteiger partial charge in [0.05, 0.1) is 11.2 Å². The molecule has 37 heavy (non-hydrogen) atoms. The minimum absolute atomic E-state index is 0.0317. The van der Waals surface area contributed by atoms with Crippen molar-refractivity contribution in [3.63, 3.8) is 0 Å². The van der Waals surface area contributed by atoms with E-state index in [9.17, 15) is 4.79 Å². The Labute approximate surface area is 222 Å². The standard InChI is InChI=1S/C34H40N2O/c1-22(2)24-13-15-25(16-14-24)31(37)36-30-18-17-26(19-27(30)23(3)20-33(36,6)7)34(8)21-32(4,5)35-29-12-10-9-11-28(29)34/h9-20,22,35H,21H2,1-8H3. The van der Waals surface area contributed by atoms with E-state index in [2.05, 4.69) is 121 Å². The Bertz CT molecular complexity index is 1390. The summed E-state index contributed by atoms with van der Waals surface area (Å²) in [4.78, 5) is 15.9. The number of hydrogen-bond acceptors (Lipinski definition) is 2. The van der Waals surface area contributed by atoms with E-state index < -0.39 is 5.54 Å². The van der Waals surface area contributed by atoms with Gasteiger partial charge in [-0.3, -0.25) is 9.69 Å². The first kappa shape index (κ1) is 25.3. The number of nitrogens with one attached hydrogen (secondary N) is 1. The maximum Gasteiger partial charge on any atom is 0.259 e. The number of allylic oxidation sites excluding steroid dienone is 1. The number of rotatable bonds is 3. The summed E-state index contributed by atoms with van der Waals surface area (Å²) < 4.78 is 0. The number of fused-ring (bicyclic) bond motifs is 2. The van der Waals surface area contributed by atoms with Crippen LogP contribution < -0.4 is 10.2 Å². The zero-order valence-corrected chi connectivity index (χ0v) is 23.6. The predicted molar refractivity (Wildman–Crippen MR) is 157 cm³/mol. The molecular weight excluding hydrogens is 452 g/mol. The average molecular weight is 493 g/mol. The summed E-state index contributed by atoms with van der Waals surface area (Å²) >= 11 is 0. The van der Waals surface area contributed by atoms with Crippen LogP contribution in [0.4, 0.5) is 11.4 Å². The third-order valence-corrected chi connectivity index (χ3v) is 8.26. The molecule has 3 nitrogen and oxygen atoms in total. The highest BCUT2D eigenvalue weighted by atomic mass is 16.2. The number of benzene rings is 3. The largest absolute Gasteiger partial charge is 0.380 e. The first-order valence-electron chi connectivity index (χ1n) is 13.5. The molecule has 192 valence electrons. The fourth-order valence-corrected chi connectivity index (χ4v) is 6.60. The number of amides is 1. The van der Waals surface area contributed by atoms with Crippen molar-refractivity contribution in [2.24, 2.45) is 0 Å². The first-order chi connectivity index (χ1) is 17.3. The van der Waals surface area contributed by atoms with Gasteiger partial charge in [-0.2, -0.15) is 0 Å². The molecular formula is C34H40N2O. The number of para-hydroxylation sites is 1. The van der Waals surface area contributed by atoms with Gasteiger partial charge in [-0.05, 0) is 99.6 Å². The monoisotopic (exact) mass is 492 g/mol. The molecule has 1 N–H and O–H groups in total. The van der Waals surface area contributed by atoms with Crippen molar-refractivity contribution < 1.29 is 4.79 Å². The van der Waals surface area contributed by atoms with Gasteiger partial charge >= 0.3 is 0 Å². The van der Waals surface area contributed by atoms with Gasteiger partial charge in [0.25, 0.3) is 5.91 Å². The molecule has 2 aliphatic rings. The van der Waals surface area contributed by atoms with E-state index in [0.717, 1.165) is 23.2 Å². The van der Waals surface area contributed by atoms with Gasteiger partial charge in [-0.15, -0.1) is 0 Å². The molecule has 0 aromatic heterocycles. The number of nitrogens with zero attached hydrogens (tertiary/aromatic N) is 1. The second-order valence-electron chi connectivity index (χ2n) is 12.7. The van der Waals surface area contributed by atoms with Crippen molar-refractivity contribution in [3.8, 4) is 0 Å². The van der Waals surface area contributed by atoms with Crippen molar-refractivity contribution in [1.82, 2.24) is 0 Å². The molecule has 1 atom stereocenters. The normalized spacial score (nSPS) is 21.5. The fraction of sp³-hybridized carbons (Fsp3) is 0.382. The van der Waals surface area contributed by atoms with Crippen molar-refractivity contribution in [2.75, 3.05) is 10.2 Å². The van der Waals surface area contributed by atoms with Crippen LogP contribution >= 0.6 is 0 Å². The molecule has 3 aromatic carbocycles. The van der Waals surface area contributed by atoms with Crippen LogP contribution in [-0.2, 0) is 5.41 Å². The zero-order valence-electron chi connectivity index (χ0n) is 23.6. The molecule has 0 spiro atoms. The van der Waals surface area contributed by atoms with E-state index in [4.69, 9.17) is 0 Å². The highest BCUT2D eigenvalue weighted by molar-refractivity contribution is 6.10. The molecule has 0 fully saturated rings. The molecule has 0 radical (unpaired) electrons. The molecule has 3 aromatic rings. The summed E-state index contributed by atoms with van der Waals surface area (Å²) in [5, 5.41) is 3.73. The third-order valence-electron chi connectivity index (χ3n) is 8.26. The van der Waals surface area contributed by atoms with E-state index >= 15 is 0 Å². The van der Waals surface area contributed by atoms with E-state index in [1.165, 1.54) is 28.0 Å². The van der Waals surface area contributed by atoms with Gasteiger partial charge in [-0.1, -0.05) is 63.2 Å². The Balaban J connectivity index is 1.61. The topological polar surface area (TPSA) is 32.3 Å². The first-order valence-corrected chi connectivity index (χ1v) is 13.5. The number of hydrogen-bond donors (Lipinski definition) is 1. The molecule has 0 bridgehead atoms. The summed E-state index contributed by atoms with van der Waals surface area (Å²) in [5.41, 5.74) is 8.51. The van der Waals surface area contributed by atoms with Crippen molar-refractivity contribution in [2.45, 2.75) is 84.2 Å². The van der Waals surface area contributed by atoms with Crippen LogP contribution in [0.5, 0.6) is 0 Å². The number of carbonyl (C=O) groups is 1. The predicted octanol–water partition coefficient (Wildman–Crippen LogP) is 8.55. The second-order valence-corrected chi connectivity index (χ2v) is 12.7. The van der Waals surface area contributed by atoms with Gasteiger partial charge in [0.15, 0.2) is 0 Å². The minimum Gasteiger partial charge on any atom is -0.380 e. The van der Waals surface area contributed by atoms with E-state index in [1.807, 2.05) is 17.0 Å². The van der Waals surface area contributed by atoms with Crippen LogP contribution in [0.3, 0.4) is 0 Å². The molecule has 0 saturated carbocycles. The lowest BCUT2D eigenvalue weighted by atomic mass is 9.65. The van der Waals surface area contributed by atoms with Gasteiger partial charge in [0.2, 0.25) is 0 Å². The summed E-state index contributed by atoms with van der Waals surface area (Å²) in [7, 11) is 0. The van der Waals surface area contributed by atoms with Crippen LogP contribution in [0.1, 0.15) is 100 Å². The lowest BCUT2D eigenvalue weighted by Crippen LogP contribution is -2.49. The van der Waals surface area contributed by atoms with Crippen molar-refractivity contribution in [3.05, 3.63) is 101 Å². The number of anilines is 2. The van der Waals surface area contributed by atoms with Gasteiger partial charge in [0, 0.05) is 27.8 Å². The molecule has 1 unspecified atom stereocenters. The molecule has 2 aliphatic heterocycles. The Morgan fingerprint density at radius 1 is 0.919 bits per heavy atom. The highest BCUT2D eigenvalue weighted by Crippen LogP contribution is 2.49. The summed E-state index contributed by atoms with van der Waals surface area (Å²) in [6.45, 7) is 17.7. The van der Waals surface area contributed by atoms with Crippen molar-refractivity contribution in [1.29, 1.82) is 0 Å². The molecule has 0 aliphatic carbocycles. The van der Waals surface area contributed by atoms with Crippen LogP contribution in [0.15, 0.2) is 72.8 Å². The Morgan fingerprint density at radius 2 is 1.59 bits per heavy atom. The molecule has 2 heterocycles. The highest BCUT2D eigenvalue weighted by Gasteiger charge is 2.43. The SMILES string of the molecule is CC1=CC(C)(C)N(C(=O)c2ccc(C(C)C)cc2)c2ccc(C3(C)CC(C)(C)Nc4ccccc43)cc21. The summed E-state index contributed by atoms with van der Waals surface area (Å²) in [6.07, 6.45) is 3.22. The van der Waals surface area contributed by atoms with Gasteiger partial charge in [0.1, 0.15) is 0 Å². The van der Waals surface area contributed by atoms with E-state index in [1.54, 1.807) is 0 Å². The Morgan fingerprint density at radius 3 is 2.27 bits per heavy atom. The minimum atomic E-state index is -0.431. The molecule has 0 saturated heterocycles. The maximum atomic E-state index is 14.0. The van der Waals surface area contributed by atoms with Crippen LogP contribution in [0.25, 0.3) is 5.57 Å². The van der Waals surface area contributed by atoms with Crippen LogP contribution in [0, 0.1) is 0 Å². The molecule has 5 rings (SSSR count). The zero-order chi connectivity index (χ0) is 26.8. The quantitative estimate of drug-likeness (QED) is 0.397. The summed E-state index contributed by atoms with van der Waals surface area (Å²) in [6, 6.07) is 23.5. The van der Waals surface area contributed by atoms with Gasteiger partial charge < -0.3 is 5.32 Å². The van der Waals surface area contributed by atoms with E-state index in [0.29, 0.717) is 5.92 Å². The third kappa shape index (κ3) is 4.29. The Hall–Kier alpha value is -3.33. The fourth-order valence-electron chi connectivity index (χ4n) is 6.60. The smallest absolute Gasteiger partial charge is 0.259 e. The molecule has 3 heteroatoms. The van der Waals surface area contributed by atoms with Crippen molar-refractivity contribution >= 4 is 22.9 Å². The van der Waals surface area contributed by atoms with Gasteiger partial charge in [-0.25, -0.2) is 0 Å². The van der Waals surface area contributed by atoms with Crippen LogP contribution in [0.2, 0.25) is 0 Å². The van der Waals surface area contributed by atoms with E-state index in [-0.39, 0.29) is 16.9 Å². The lowest BCUT2D eigenvalue weighted by molar-refractivity contribution is 0.0970. The Kier molecular flexibility index (Phi) is 5.90. The summed E-state index contributed by atoms with van der Waals surface area (Å²) in [5.74, 6) is 0.476. The number of carbonyl (C=O) groups excluding carboxylic acids is 1. The second kappa shape index (κ2) is 8.62. The lowest BCUT2D eigenvalue weighted by Gasteiger charge is -2.47. The maximum absolute atomic E-state index is 14.0. The van der Waals surface area contributed by atoms with Crippen LogP contribution in [-0.4, -0.2) is 17.0 Å². The average Bonchev–Trinajstić information content (AvgIpc) is 2.82. The molecule has 1 amide bonds.